The lowest BCUT2D eigenvalue weighted by atomic mass is 10.0. The molecule has 0 aliphatic heterocycles. The molecule has 5 heteroatoms. The molecule has 0 spiro atoms. The van der Waals surface area contributed by atoms with Gasteiger partial charge >= 0.3 is 5.97 Å². The largest absolute Gasteiger partial charge is 0.494 e. The third kappa shape index (κ3) is 2.29. The second kappa shape index (κ2) is 5.20. The molecule has 3 rings (SSSR count). The number of methoxy groups -OCH3 is 1. The van der Waals surface area contributed by atoms with Crippen molar-refractivity contribution in [3.63, 3.8) is 0 Å². The highest BCUT2D eigenvalue weighted by Crippen LogP contribution is 2.32. The Morgan fingerprint density at radius 1 is 1.24 bits per heavy atom. The molecule has 0 unspecified atom stereocenters. The molecule has 3 aromatic rings. The smallest absolute Gasteiger partial charge is 0.337 e. The van der Waals surface area contributed by atoms with Gasteiger partial charge in [0.1, 0.15) is 11.3 Å². The van der Waals surface area contributed by atoms with E-state index in [4.69, 9.17) is 9.84 Å². The van der Waals surface area contributed by atoms with Crippen LogP contribution in [-0.2, 0) is 0 Å². The van der Waals surface area contributed by atoms with Crippen LogP contribution in [-0.4, -0.2) is 28.2 Å². The molecule has 0 radical (unpaired) electrons. The van der Waals surface area contributed by atoms with Crippen LogP contribution in [0.4, 0.5) is 0 Å². The molecule has 0 saturated carbocycles. The summed E-state index contributed by atoms with van der Waals surface area (Å²) >= 11 is 0. The van der Waals surface area contributed by atoms with Gasteiger partial charge in [-0.15, -0.1) is 0 Å². The number of fused-ring (bicyclic) bond motifs is 1. The predicted molar refractivity (Wildman–Crippen MR) is 78.5 cm³/mol. The topological polar surface area (TPSA) is 72.3 Å². The van der Waals surface area contributed by atoms with Gasteiger partial charge in [-0.05, 0) is 29.8 Å². The lowest BCUT2D eigenvalue weighted by Crippen LogP contribution is -1.97. The maximum Gasteiger partial charge on any atom is 0.337 e. The van der Waals surface area contributed by atoms with E-state index >= 15 is 0 Å². The number of rotatable bonds is 3. The highest BCUT2D eigenvalue weighted by Gasteiger charge is 2.11. The first kappa shape index (κ1) is 13.1. The molecule has 1 N–H and O–H groups in total. The Morgan fingerprint density at radius 2 is 2.10 bits per heavy atom. The Balaban J connectivity index is 2.26. The first-order chi connectivity index (χ1) is 10.2. The lowest BCUT2D eigenvalue weighted by Gasteiger charge is -2.10. The number of hydrogen-bond donors (Lipinski definition) is 1. The van der Waals surface area contributed by atoms with Gasteiger partial charge < -0.3 is 9.84 Å². The summed E-state index contributed by atoms with van der Waals surface area (Å²) in [5.41, 5.74) is 2.49. The van der Waals surface area contributed by atoms with Crippen LogP contribution in [0.15, 0.2) is 48.9 Å². The second-order valence-corrected chi connectivity index (χ2v) is 4.48. The van der Waals surface area contributed by atoms with Crippen molar-refractivity contribution >= 4 is 16.9 Å². The first-order valence-electron chi connectivity index (χ1n) is 6.31. The minimum atomic E-state index is -1.000. The van der Waals surface area contributed by atoms with Crippen molar-refractivity contribution in [1.29, 1.82) is 0 Å². The number of aromatic nitrogens is 2. The maximum atomic E-state index is 11.1. The Bertz CT molecular complexity index is 831. The SMILES string of the molecule is COc1ccc(-c2cncc(C(=O)O)c2)c2cccnc12. The highest BCUT2D eigenvalue weighted by molar-refractivity contribution is 5.98. The van der Waals surface area contributed by atoms with Gasteiger partial charge in [0.2, 0.25) is 0 Å². The van der Waals surface area contributed by atoms with Crippen molar-refractivity contribution in [2.45, 2.75) is 0 Å². The molecule has 0 fully saturated rings. The number of carbonyl (C=O) groups is 1. The standard InChI is InChI=1S/C16H12N2O3/c1-21-14-5-4-12(13-3-2-6-18-15(13)14)10-7-11(16(19)20)9-17-8-10/h2-9H,1H3,(H,19,20). The highest BCUT2D eigenvalue weighted by atomic mass is 16.5. The number of pyridine rings is 2. The number of aromatic carboxylic acids is 1. The zero-order valence-corrected chi connectivity index (χ0v) is 11.3. The maximum absolute atomic E-state index is 11.1. The summed E-state index contributed by atoms with van der Waals surface area (Å²) in [6.07, 6.45) is 4.66. The monoisotopic (exact) mass is 280 g/mol. The molecule has 0 atom stereocenters. The summed E-state index contributed by atoms with van der Waals surface area (Å²) in [6.45, 7) is 0. The fourth-order valence-corrected chi connectivity index (χ4v) is 2.27. The summed E-state index contributed by atoms with van der Waals surface area (Å²) in [6, 6.07) is 9.06. The summed E-state index contributed by atoms with van der Waals surface area (Å²) in [4.78, 5) is 19.4. The minimum absolute atomic E-state index is 0.153. The molecule has 0 saturated heterocycles. The fraction of sp³-hybridized carbons (Fsp3) is 0.0625. The van der Waals surface area contributed by atoms with Crippen LogP contribution in [0, 0.1) is 0 Å². The van der Waals surface area contributed by atoms with E-state index in [1.807, 2.05) is 24.3 Å². The average Bonchev–Trinajstić information content (AvgIpc) is 2.54. The molecule has 2 heterocycles. The van der Waals surface area contributed by atoms with Crippen molar-refractivity contribution in [3.05, 3.63) is 54.5 Å². The molecule has 0 bridgehead atoms. The van der Waals surface area contributed by atoms with Crippen molar-refractivity contribution in [2.24, 2.45) is 0 Å². The van der Waals surface area contributed by atoms with E-state index in [9.17, 15) is 4.79 Å². The summed E-state index contributed by atoms with van der Waals surface area (Å²) < 4.78 is 5.31. The van der Waals surface area contributed by atoms with E-state index in [1.165, 1.54) is 6.20 Å². The molecule has 0 aliphatic carbocycles. The molecular weight excluding hydrogens is 268 g/mol. The van der Waals surface area contributed by atoms with E-state index in [0.29, 0.717) is 5.75 Å². The van der Waals surface area contributed by atoms with Crippen LogP contribution in [0.2, 0.25) is 0 Å². The van der Waals surface area contributed by atoms with Crippen LogP contribution in [0.25, 0.3) is 22.0 Å². The Kier molecular flexibility index (Phi) is 3.23. The molecule has 21 heavy (non-hydrogen) atoms. The van der Waals surface area contributed by atoms with Crippen LogP contribution in [0.5, 0.6) is 5.75 Å². The fourth-order valence-electron chi connectivity index (χ4n) is 2.27. The normalized spacial score (nSPS) is 10.5. The molecule has 0 aliphatic rings. The predicted octanol–water partition coefficient (Wildman–Crippen LogP) is 3.00. The number of benzene rings is 1. The van der Waals surface area contributed by atoms with E-state index < -0.39 is 5.97 Å². The molecule has 2 aromatic heterocycles. The number of carboxylic acid groups (broad SMARTS) is 1. The Labute approximate surface area is 120 Å². The van der Waals surface area contributed by atoms with Gasteiger partial charge in [-0.25, -0.2) is 4.79 Å². The Hall–Kier alpha value is -2.95. The number of carboxylic acids is 1. The molecular formula is C16H12N2O3. The Morgan fingerprint density at radius 3 is 2.86 bits per heavy atom. The van der Waals surface area contributed by atoms with Crippen molar-refractivity contribution in [3.8, 4) is 16.9 Å². The van der Waals surface area contributed by atoms with Crippen molar-refractivity contribution in [2.75, 3.05) is 7.11 Å². The summed E-state index contributed by atoms with van der Waals surface area (Å²) in [5, 5.41) is 9.97. The average molecular weight is 280 g/mol. The van der Waals surface area contributed by atoms with Gasteiger partial charge in [0.25, 0.3) is 0 Å². The zero-order valence-electron chi connectivity index (χ0n) is 11.3. The van der Waals surface area contributed by atoms with Crippen LogP contribution < -0.4 is 4.74 Å². The molecule has 104 valence electrons. The minimum Gasteiger partial charge on any atom is -0.494 e. The van der Waals surface area contributed by atoms with Crippen molar-refractivity contribution < 1.29 is 14.6 Å². The van der Waals surface area contributed by atoms with E-state index in [0.717, 1.165) is 22.0 Å². The summed E-state index contributed by atoms with van der Waals surface area (Å²) in [7, 11) is 1.59. The first-order valence-corrected chi connectivity index (χ1v) is 6.31. The molecule has 1 aromatic carbocycles. The summed E-state index contributed by atoms with van der Waals surface area (Å²) in [5.74, 6) is -0.322. The third-order valence-corrected chi connectivity index (χ3v) is 3.25. The van der Waals surface area contributed by atoms with Crippen LogP contribution in [0.1, 0.15) is 10.4 Å². The van der Waals surface area contributed by atoms with E-state index in [2.05, 4.69) is 9.97 Å². The number of hydrogen-bond acceptors (Lipinski definition) is 4. The second-order valence-electron chi connectivity index (χ2n) is 4.48. The third-order valence-electron chi connectivity index (χ3n) is 3.25. The number of nitrogens with zero attached hydrogens (tertiary/aromatic N) is 2. The van der Waals surface area contributed by atoms with E-state index in [-0.39, 0.29) is 5.56 Å². The van der Waals surface area contributed by atoms with Crippen LogP contribution in [0.3, 0.4) is 0 Å². The lowest BCUT2D eigenvalue weighted by molar-refractivity contribution is 0.0696. The van der Waals surface area contributed by atoms with Gasteiger partial charge in [-0.1, -0.05) is 6.07 Å². The van der Waals surface area contributed by atoms with E-state index in [1.54, 1.807) is 25.6 Å². The zero-order chi connectivity index (χ0) is 14.8. The number of ether oxygens (including phenoxy) is 1. The van der Waals surface area contributed by atoms with Gasteiger partial charge in [-0.2, -0.15) is 0 Å². The van der Waals surface area contributed by atoms with Crippen molar-refractivity contribution in [1.82, 2.24) is 9.97 Å². The quantitative estimate of drug-likeness (QED) is 0.798. The van der Waals surface area contributed by atoms with Gasteiger partial charge in [0, 0.05) is 29.5 Å². The van der Waals surface area contributed by atoms with Crippen LogP contribution >= 0.6 is 0 Å². The van der Waals surface area contributed by atoms with Gasteiger partial charge in [0.05, 0.1) is 12.7 Å². The molecule has 0 amide bonds. The molecule has 5 nitrogen and oxygen atoms in total. The van der Waals surface area contributed by atoms with Gasteiger partial charge in [-0.3, -0.25) is 9.97 Å². The van der Waals surface area contributed by atoms with Gasteiger partial charge in [0.15, 0.2) is 0 Å².